The normalized spacial score (nSPS) is 11.3. The molecule has 0 radical (unpaired) electrons. The summed E-state index contributed by atoms with van der Waals surface area (Å²) in [6.45, 7) is 5.95. The van der Waals surface area contributed by atoms with E-state index in [0.717, 1.165) is 26.2 Å². The monoisotopic (exact) mass is 288 g/mol. The molecule has 21 heavy (non-hydrogen) atoms. The summed E-state index contributed by atoms with van der Waals surface area (Å²) in [7, 11) is 1.74. The van der Waals surface area contributed by atoms with Crippen LogP contribution in [0.25, 0.3) is 10.9 Å². The first-order valence-electron chi connectivity index (χ1n) is 8.13. The molecule has 1 heterocycles. The first kappa shape index (κ1) is 16.1. The maximum absolute atomic E-state index is 5.09. The lowest BCUT2D eigenvalue weighted by Crippen LogP contribution is -2.20. The standard InChI is InChI=1S/C18H28N2O/c1-3-4-5-8-12-20-17(15-19-11-13-21-2)14-16-9-6-7-10-18(16)20/h6-7,9-10,14,19H,3-5,8,11-13,15H2,1-2H3. The summed E-state index contributed by atoms with van der Waals surface area (Å²) in [5, 5.41) is 4.80. The number of ether oxygens (including phenoxy) is 1. The molecular weight excluding hydrogens is 260 g/mol. The lowest BCUT2D eigenvalue weighted by molar-refractivity contribution is 0.199. The van der Waals surface area contributed by atoms with E-state index >= 15 is 0 Å². The predicted octanol–water partition coefficient (Wildman–Crippen LogP) is 3.96. The van der Waals surface area contributed by atoms with Crippen LogP contribution in [0.3, 0.4) is 0 Å². The van der Waals surface area contributed by atoms with Crippen LogP contribution in [0.15, 0.2) is 30.3 Å². The summed E-state index contributed by atoms with van der Waals surface area (Å²) in [5.41, 5.74) is 2.74. The van der Waals surface area contributed by atoms with Gasteiger partial charge in [-0.25, -0.2) is 0 Å². The molecule has 1 aromatic heterocycles. The number of unbranched alkanes of at least 4 members (excludes halogenated alkanes) is 3. The number of nitrogens with one attached hydrogen (secondary N) is 1. The fourth-order valence-corrected chi connectivity index (χ4v) is 2.77. The van der Waals surface area contributed by atoms with Gasteiger partial charge in [0.15, 0.2) is 0 Å². The van der Waals surface area contributed by atoms with Crippen molar-refractivity contribution in [1.29, 1.82) is 0 Å². The van der Waals surface area contributed by atoms with Crippen LogP contribution in [0.5, 0.6) is 0 Å². The Hall–Kier alpha value is -1.32. The Morgan fingerprint density at radius 2 is 2.00 bits per heavy atom. The predicted molar refractivity (Wildman–Crippen MR) is 89.7 cm³/mol. The number of aryl methyl sites for hydroxylation is 1. The van der Waals surface area contributed by atoms with Gasteiger partial charge >= 0.3 is 0 Å². The van der Waals surface area contributed by atoms with Crippen LogP contribution in [-0.2, 0) is 17.8 Å². The summed E-state index contributed by atoms with van der Waals surface area (Å²) in [6, 6.07) is 11.0. The van der Waals surface area contributed by atoms with E-state index in [4.69, 9.17) is 4.74 Å². The van der Waals surface area contributed by atoms with Gasteiger partial charge in [0, 0.05) is 38.0 Å². The van der Waals surface area contributed by atoms with Crippen molar-refractivity contribution in [2.45, 2.75) is 45.7 Å². The Labute approximate surface area is 128 Å². The zero-order valence-corrected chi connectivity index (χ0v) is 13.4. The van der Waals surface area contributed by atoms with Crippen molar-refractivity contribution in [3.63, 3.8) is 0 Å². The molecule has 0 fully saturated rings. The lowest BCUT2D eigenvalue weighted by Gasteiger charge is -2.11. The van der Waals surface area contributed by atoms with E-state index < -0.39 is 0 Å². The molecule has 2 rings (SSSR count). The average molecular weight is 288 g/mol. The van der Waals surface area contributed by atoms with E-state index in [-0.39, 0.29) is 0 Å². The average Bonchev–Trinajstić information content (AvgIpc) is 2.86. The van der Waals surface area contributed by atoms with Crippen molar-refractivity contribution < 1.29 is 4.74 Å². The molecule has 1 aromatic carbocycles. The SMILES string of the molecule is CCCCCCn1c(CNCCOC)cc2ccccc21. The van der Waals surface area contributed by atoms with Gasteiger partial charge in [-0.2, -0.15) is 0 Å². The number of nitrogens with zero attached hydrogens (tertiary/aromatic N) is 1. The molecule has 1 N–H and O–H groups in total. The minimum atomic E-state index is 0.761. The molecule has 0 spiro atoms. The van der Waals surface area contributed by atoms with Crippen LogP contribution in [0.2, 0.25) is 0 Å². The fourth-order valence-electron chi connectivity index (χ4n) is 2.77. The first-order chi connectivity index (χ1) is 10.4. The zero-order chi connectivity index (χ0) is 14.9. The highest BCUT2D eigenvalue weighted by Gasteiger charge is 2.07. The van der Waals surface area contributed by atoms with E-state index in [0.29, 0.717) is 0 Å². The van der Waals surface area contributed by atoms with Crippen molar-refractivity contribution in [3.05, 3.63) is 36.0 Å². The van der Waals surface area contributed by atoms with Gasteiger partial charge in [-0.1, -0.05) is 44.4 Å². The number of rotatable bonds is 10. The molecule has 0 saturated carbocycles. The van der Waals surface area contributed by atoms with Crippen LogP contribution < -0.4 is 5.32 Å². The smallest absolute Gasteiger partial charge is 0.0587 e. The summed E-state index contributed by atoms with van der Waals surface area (Å²) in [5.74, 6) is 0. The van der Waals surface area contributed by atoms with E-state index in [1.807, 2.05) is 0 Å². The number of para-hydroxylation sites is 1. The highest BCUT2D eigenvalue weighted by Crippen LogP contribution is 2.20. The molecule has 0 atom stereocenters. The van der Waals surface area contributed by atoms with Crippen molar-refractivity contribution in [3.8, 4) is 0 Å². The third kappa shape index (κ3) is 4.58. The van der Waals surface area contributed by atoms with Crippen LogP contribution in [0, 0.1) is 0 Å². The number of methoxy groups -OCH3 is 1. The molecule has 3 nitrogen and oxygen atoms in total. The molecule has 0 aliphatic carbocycles. The molecule has 0 bridgehead atoms. The third-order valence-electron chi connectivity index (χ3n) is 3.92. The molecule has 0 amide bonds. The van der Waals surface area contributed by atoms with Crippen LogP contribution in [0.1, 0.15) is 38.3 Å². The number of benzene rings is 1. The quantitative estimate of drug-likeness (QED) is 0.670. The molecule has 2 aromatic rings. The van der Waals surface area contributed by atoms with Gasteiger partial charge in [0.1, 0.15) is 0 Å². The van der Waals surface area contributed by atoms with E-state index in [1.54, 1.807) is 7.11 Å². The minimum Gasteiger partial charge on any atom is -0.383 e. The largest absolute Gasteiger partial charge is 0.383 e. The zero-order valence-electron chi connectivity index (χ0n) is 13.4. The van der Waals surface area contributed by atoms with Gasteiger partial charge in [0.05, 0.1) is 6.61 Å². The maximum atomic E-state index is 5.09. The summed E-state index contributed by atoms with van der Waals surface area (Å²) in [6.07, 6.45) is 5.20. The molecule has 116 valence electrons. The Balaban J connectivity index is 2.06. The second-order valence-electron chi connectivity index (χ2n) is 5.58. The van der Waals surface area contributed by atoms with Crippen molar-refractivity contribution >= 4 is 10.9 Å². The third-order valence-corrected chi connectivity index (χ3v) is 3.92. The molecular formula is C18H28N2O. The molecule has 0 aliphatic rings. The second-order valence-corrected chi connectivity index (χ2v) is 5.58. The number of hydrogen-bond acceptors (Lipinski definition) is 2. The molecule has 3 heteroatoms. The highest BCUT2D eigenvalue weighted by molar-refractivity contribution is 5.81. The Kier molecular flexibility index (Phi) is 6.77. The maximum Gasteiger partial charge on any atom is 0.0587 e. The molecule has 0 aliphatic heterocycles. The van der Waals surface area contributed by atoms with Crippen LogP contribution in [-0.4, -0.2) is 24.8 Å². The summed E-state index contributed by atoms with van der Waals surface area (Å²) in [4.78, 5) is 0. The number of fused-ring (bicyclic) bond motifs is 1. The van der Waals surface area contributed by atoms with Crippen molar-refractivity contribution in [2.75, 3.05) is 20.3 Å². The Morgan fingerprint density at radius 3 is 2.81 bits per heavy atom. The second kappa shape index (κ2) is 8.85. The van der Waals surface area contributed by atoms with Gasteiger partial charge < -0.3 is 14.6 Å². The molecule has 0 saturated heterocycles. The topological polar surface area (TPSA) is 26.2 Å². The Bertz CT molecular complexity index is 533. The van der Waals surface area contributed by atoms with Gasteiger partial charge in [-0.3, -0.25) is 0 Å². The minimum absolute atomic E-state index is 0.761. The van der Waals surface area contributed by atoms with Gasteiger partial charge in [0.25, 0.3) is 0 Å². The van der Waals surface area contributed by atoms with E-state index in [9.17, 15) is 0 Å². The van der Waals surface area contributed by atoms with Gasteiger partial charge in [-0.15, -0.1) is 0 Å². The summed E-state index contributed by atoms with van der Waals surface area (Å²) >= 11 is 0. The van der Waals surface area contributed by atoms with E-state index in [2.05, 4.69) is 47.1 Å². The Morgan fingerprint density at radius 1 is 1.14 bits per heavy atom. The fraction of sp³-hybridized carbons (Fsp3) is 0.556. The van der Waals surface area contributed by atoms with Crippen LogP contribution in [0.4, 0.5) is 0 Å². The lowest BCUT2D eigenvalue weighted by atomic mass is 10.2. The van der Waals surface area contributed by atoms with Gasteiger partial charge in [0.2, 0.25) is 0 Å². The van der Waals surface area contributed by atoms with Crippen LogP contribution >= 0.6 is 0 Å². The van der Waals surface area contributed by atoms with E-state index in [1.165, 1.54) is 42.3 Å². The summed E-state index contributed by atoms with van der Waals surface area (Å²) < 4.78 is 7.57. The molecule has 0 unspecified atom stereocenters. The van der Waals surface area contributed by atoms with Crippen molar-refractivity contribution in [2.24, 2.45) is 0 Å². The number of hydrogen-bond donors (Lipinski definition) is 1. The highest BCUT2D eigenvalue weighted by atomic mass is 16.5. The number of aromatic nitrogens is 1. The first-order valence-corrected chi connectivity index (χ1v) is 8.13. The van der Waals surface area contributed by atoms with Crippen molar-refractivity contribution in [1.82, 2.24) is 9.88 Å². The van der Waals surface area contributed by atoms with Gasteiger partial charge in [-0.05, 0) is 23.9 Å².